The third-order valence-corrected chi connectivity index (χ3v) is 20.8. The van der Waals surface area contributed by atoms with Crippen LogP contribution < -0.4 is 37.6 Å². The second kappa shape index (κ2) is 34.9. The minimum Gasteiger partial charge on any atom is -0.445 e. The highest BCUT2D eigenvalue weighted by molar-refractivity contribution is 6.13. The lowest BCUT2D eigenvalue weighted by Crippen LogP contribution is -2.58. The molecule has 29 nitrogen and oxygen atoms in total. The first kappa shape index (κ1) is 75.9. The Bertz CT molecular complexity index is 3120. The lowest BCUT2D eigenvalue weighted by atomic mass is 9.81. The maximum Gasteiger partial charge on any atom is 0.407 e. The van der Waals surface area contributed by atoms with Crippen LogP contribution in [0.15, 0.2) is 60.7 Å². The van der Waals surface area contributed by atoms with Crippen molar-refractivity contribution in [3.63, 3.8) is 0 Å². The van der Waals surface area contributed by atoms with E-state index in [0.717, 1.165) is 47.5 Å². The van der Waals surface area contributed by atoms with E-state index in [1.807, 2.05) is 0 Å². The Morgan fingerprint density at radius 3 is 2.25 bits per heavy atom. The highest BCUT2D eigenvalue weighted by atomic mass is 16.7. The Morgan fingerprint density at radius 1 is 0.750 bits per heavy atom. The van der Waals surface area contributed by atoms with Crippen molar-refractivity contribution in [2.45, 2.75) is 252 Å². The number of alkyl carbamates (subject to hydrolysis) is 1. The summed E-state index contributed by atoms with van der Waals surface area (Å²) in [7, 11) is 1.57. The predicted octanol–water partition coefficient (Wildman–Crippen LogP) is 3.24. The molecule has 10 bridgehead atoms. The number of primary amides is 1. The second-order valence-corrected chi connectivity index (χ2v) is 28.6. The molecule has 0 aromatic heterocycles. The number of amides is 9. The van der Waals surface area contributed by atoms with Gasteiger partial charge in [-0.2, -0.15) is 0 Å². The molecule has 1 spiro atoms. The lowest BCUT2D eigenvalue weighted by Gasteiger charge is -2.47. The summed E-state index contributed by atoms with van der Waals surface area (Å²) in [5.74, 6) is -4.85. The normalized spacial score (nSPS) is 32.8. The number of fused-ring (bicyclic) bond motifs is 9. The largest absolute Gasteiger partial charge is 0.445 e. The topological polar surface area (TPSA) is 388 Å². The van der Waals surface area contributed by atoms with Crippen molar-refractivity contribution < 1.29 is 101 Å². The molecule has 9 aliphatic rings. The zero-order valence-electron chi connectivity index (χ0n) is 57.8. The monoisotopic (exact) mass is 1400 g/mol. The molecule has 8 saturated heterocycles. The van der Waals surface area contributed by atoms with Gasteiger partial charge in [-0.1, -0.05) is 46.1 Å². The number of urea groups is 1. The van der Waals surface area contributed by atoms with Gasteiger partial charge in [-0.15, -0.1) is 0 Å². The van der Waals surface area contributed by atoms with Crippen LogP contribution in [0, 0.1) is 17.8 Å². The molecule has 552 valence electrons. The van der Waals surface area contributed by atoms with Crippen molar-refractivity contribution in [2.75, 3.05) is 51.8 Å². The summed E-state index contributed by atoms with van der Waals surface area (Å²) in [5, 5.41) is 38.8. The lowest BCUT2D eigenvalue weighted by molar-refractivity contribution is -0.277. The number of nitrogens with zero attached hydrogens (tertiary/aromatic N) is 1. The number of carbonyl (C=O) groups is 9. The van der Waals surface area contributed by atoms with Gasteiger partial charge < -0.3 is 95.2 Å². The number of hydrogen-bond acceptors (Lipinski definition) is 21. The molecule has 8 fully saturated rings. The SMILES string of the molecule is C=C1C2C[C@@H]3O[C@H](CC(O)CNC(=O)OCc4ccc(NC(=O)C(CCCNC(N)=O)NC(=O)[C@@H](NC(=O)CCOCCNC(=O)CCN5C(=O)C=CC5=O)C(C)C)cc4)[C@H](OC)C3CC(=O)CC3CC[C@@H]4O[C@@H]5CC(O[C@@]6(CCC7CC(=C)[C@H](CC[C@@H](C[C@H]1C)O2)O7)C[C@@H](O)C5O6)[C@H]4O3. The number of aliphatic hydroxyl groups excluding tert-OH is 2. The number of ketones is 1. The van der Waals surface area contributed by atoms with Crippen molar-refractivity contribution in [3.05, 3.63) is 66.3 Å². The molecule has 9 aliphatic heterocycles. The predicted molar refractivity (Wildman–Crippen MR) is 357 cm³/mol. The molecule has 1 aromatic rings. The number of anilines is 1. The van der Waals surface area contributed by atoms with Crippen molar-refractivity contribution >= 4 is 59.0 Å². The van der Waals surface area contributed by atoms with E-state index in [9.17, 15) is 53.4 Å². The van der Waals surface area contributed by atoms with Crippen LogP contribution in [0.5, 0.6) is 0 Å². The average molecular weight is 1400 g/mol. The molecule has 0 aliphatic carbocycles. The molecule has 10 N–H and O–H groups in total. The van der Waals surface area contributed by atoms with Gasteiger partial charge in [-0.05, 0) is 98.5 Å². The first-order valence-corrected chi connectivity index (χ1v) is 35.6. The summed E-state index contributed by atoms with van der Waals surface area (Å²) in [6.07, 6.45) is 1.75. The van der Waals surface area contributed by atoms with Crippen LogP contribution in [0.3, 0.4) is 0 Å². The first-order valence-electron chi connectivity index (χ1n) is 35.6. The summed E-state index contributed by atoms with van der Waals surface area (Å²) in [4.78, 5) is 116. The number of carbonyl (C=O) groups excluding carboxylic acids is 9. The summed E-state index contributed by atoms with van der Waals surface area (Å²) in [5.41, 5.74) is 8.14. The van der Waals surface area contributed by atoms with Gasteiger partial charge in [0.1, 0.15) is 36.7 Å². The van der Waals surface area contributed by atoms with E-state index in [-0.39, 0.29) is 145 Å². The Kier molecular flexibility index (Phi) is 26.5. The molecule has 1 aromatic carbocycles. The van der Waals surface area contributed by atoms with Crippen molar-refractivity contribution in [2.24, 2.45) is 23.5 Å². The molecule has 29 heteroatoms. The number of benzene rings is 1. The molecule has 20 atom stereocenters. The molecular formula is C71H102N8O21. The first-order chi connectivity index (χ1) is 47.9. The molecule has 10 rings (SSSR count). The van der Waals surface area contributed by atoms with Gasteiger partial charge in [0.2, 0.25) is 23.6 Å². The maximum atomic E-state index is 14.5. The van der Waals surface area contributed by atoms with Crippen LogP contribution in [-0.4, -0.2) is 224 Å². The van der Waals surface area contributed by atoms with E-state index in [1.54, 1.807) is 45.2 Å². The summed E-state index contributed by atoms with van der Waals surface area (Å²) < 4.78 is 64.6. The Balaban J connectivity index is 0.698. The van der Waals surface area contributed by atoms with Crippen LogP contribution in [-0.2, 0) is 87.5 Å². The van der Waals surface area contributed by atoms with Crippen LogP contribution in [0.4, 0.5) is 15.3 Å². The van der Waals surface area contributed by atoms with Gasteiger partial charge in [0.05, 0.1) is 92.6 Å². The van der Waals surface area contributed by atoms with Crippen LogP contribution in [0.2, 0.25) is 0 Å². The highest BCUT2D eigenvalue weighted by Crippen LogP contribution is 2.49. The summed E-state index contributed by atoms with van der Waals surface area (Å²) >= 11 is 0. The number of methoxy groups -OCH3 is 1. The third-order valence-electron chi connectivity index (χ3n) is 20.8. The Hall–Kier alpha value is -6.77. The van der Waals surface area contributed by atoms with E-state index in [1.165, 1.54) is 0 Å². The zero-order valence-corrected chi connectivity index (χ0v) is 57.8. The zero-order chi connectivity index (χ0) is 71.4. The molecule has 0 saturated carbocycles. The Labute approximate surface area is 583 Å². The minimum absolute atomic E-state index is 0.0223. The quantitative estimate of drug-likeness (QED) is 0.0365. The summed E-state index contributed by atoms with van der Waals surface area (Å²) in [6, 6.07) is 3.48. The van der Waals surface area contributed by atoms with Gasteiger partial charge in [0, 0.05) is 115 Å². The number of rotatable bonds is 26. The fourth-order valence-corrected chi connectivity index (χ4v) is 15.5. The highest BCUT2D eigenvalue weighted by Gasteiger charge is 2.60. The van der Waals surface area contributed by atoms with Gasteiger partial charge in [0.25, 0.3) is 11.8 Å². The molecule has 0 radical (unpaired) electrons. The van der Waals surface area contributed by atoms with Crippen molar-refractivity contribution in [3.8, 4) is 0 Å². The smallest absolute Gasteiger partial charge is 0.407 e. The standard InChI is InChI=1S/C71H102N8O21/c1-38(2)63(78-60(84)21-26-92-27-24-73-59(83)20-25-79-61(85)17-18-62(79)86)68(88)77-50(8-7-23-74-69(72)89)67(87)76-43-11-9-42(10-12-43)37-93-70(90)75-36-45(81)32-56-64(91-6)49-31-44(80)30-47-14-16-53-66(96-47)58-34-57(97-53)65-51(82)35-71(99-58,100-65)22-19-48-29-40(4)52(94-48)15-13-46-28-39(3)41(5)54(95-46)33-55(49)98-56/h9-12,17-18,38-39,45-58,63-66,81-82H,4-5,7-8,13-16,19-37H2,1-3,6H3,(H,73,83)(H,75,90)(H,76,87)(H,77,88)(H,78,84)(H3,72,74,89)/t39-,45?,46+,47?,48?,49?,50?,51-,52+,53+,54?,55+,56-,57-,58?,63+,64-,65?,66+,71-/m1/s1. The van der Waals surface area contributed by atoms with Crippen LogP contribution >= 0.6 is 0 Å². The van der Waals surface area contributed by atoms with Gasteiger partial charge in [0.15, 0.2) is 5.79 Å². The van der Waals surface area contributed by atoms with E-state index in [4.69, 9.17) is 53.1 Å². The maximum absolute atomic E-state index is 14.5. The van der Waals surface area contributed by atoms with E-state index >= 15 is 0 Å². The van der Waals surface area contributed by atoms with E-state index < -0.39 is 126 Å². The van der Waals surface area contributed by atoms with Crippen molar-refractivity contribution in [1.82, 2.24) is 31.5 Å². The van der Waals surface area contributed by atoms with Gasteiger partial charge in [-0.25, -0.2) is 9.59 Å². The molecule has 9 heterocycles. The molecule has 9 amide bonds. The molecule has 100 heavy (non-hydrogen) atoms. The summed E-state index contributed by atoms with van der Waals surface area (Å²) in [6.45, 7) is 14.3. The number of nitrogens with two attached hydrogens (primary N) is 1. The minimum atomic E-state index is -1.13. The number of hydrogen-bond donors (Lipinski definition) is 9. The van der Waals surface area contributed by atoms with Gasteiger partial charge in [-0.3, -0.25) is 38.5 Å². The second-order valence-electron chi connectivity index (χ2n) is 28.6. The Morgan fingerprint density at radius 2 is 1.50 bits per heavy atom. The number of ether oxygens (including phenoxy) is 10. The number of nitrogens with one attached hydrogen (secondary N) is 6. The third kappa shape index (κ3) is 20.1. The van der Waals surface area contributed by atoms with Crippen LogP contribution in [0.1, 0.15) is 142 Å². The van der Waals surface area contributed by atoms with Crippen LogP contribution in [0.25, 0.3) is 0 Å². The molecule has 8 unspecified atom stereocenters. The van der Waals surface area contributed by atoms with E-state index in [2.05, 4.69) is 52.0 Å². The van der Waals surface area contributed by atoms with E-state index in [0.29, 0.717) is 62.6 Å². The average Bonchev–Trinajstić information content (AvgIpc) is 1.57. The number of Topliss-reactive ketones (excluding diaryl/α,β-unsaturated/α-hetero) is 1. The molecular weight excluding hydrogens is 1300 g/mol. The van der Waals surface area contributed by atoms with Gasteiger partial charge >= 0.3 is 12.1 Å². The number of aliphatic hydroxyl groups is 2. The number of imide groups is 1. The van der Waals surface area contributed by atoms with Crippen molar-refractivity contribution in [1.29, 1.82) is 0 Å². The fraction of sp³-hybridized carbons (Fsp3) is 0.704. The fourth-order valence-electron chi connectivity index (χ4n) is 15.5.